The lowest BCUT2D eigenvalue weighted by atomic mass is 10.2. The van der Waals surface area contributed by atoms with Gasteiger partial charge >= 0.3 is 5.69 Å². The first-order chi connectivity index (χ1) is 12.7. The van der Waals surface area contributed by atoms with E-state index in [4.69, 9.17) is 4.74 Å². The summed E-state index contributed by atoms with van der Waals surface area (Å²) in [5.74, 6) is 0.522. The van der Waals surface area contributed by atoms with Crippen LogP contribution in [0.3, 0.4) is 0 Å². The molecule has 26 heavy (non-hydrogen) atoms. The topological polar surface area (TPSA) is 102 Å². The molecule has 8 nitrogen and oxygen atoms in total. The van der Waals surface area contributed by atoms with E-state index in [1.165, 1.54) is 0 Å². The van der Waals surface area contributed by atoms with E-state index in [1.807, 2.05) is 0 Å². The van der Waals surface area contributed by atoms with E-state index >= 15 is 0 Å². The third-order valence-electron chi connectivity index (χ3n) is 3.73. The van der Waals surface area contributed by atoms with E-state index in [-0.39, 0.29) is 5.91 Å². The number of ether oxygens (including phenoxy) is 1. The molecule has 0 saturated heterocycles. The van der Waals surface area contributed by atoms with Crippen molar-refractivity contribution in [1.29, 1.82) is 0 Å². The number of amides is 1. The number of nitrogens with zero attached hydrogens (tertiary/aromatic N) is 3. The Labute approximate surface area is 149 Å². The average Bonchev–Trinajstić information content (AvgIpc) is 3.09. The number of unbranched alkanes of at least 4 members (excludes halogenated alkanes) is 1. The molecule has 0 aliphatic rings. The molecule has 3 rings (SSSR count). The van der Waals surface area contributed by atoms with Crippen LogP contribution in [0.5, 0.6) is 5.75 Å². The Balaban J connectivity index is 1.62. The van der Waals surface area contributed by atoms with Gasteiger partial charge in [-0.25, -0.2) is 9.89 Å². The summed E-state index contributed by atoms with van der Waals surface area (Å²) in [6.07, 6.45) is 2.07. The number of hydrogen-bond donors (Lipinski definition) is 2. The zero-order chi connectivity index (χ0) is 18.4. The van der Waals surface area contributed by atoms with Gasteiger partial charge in [-0.15, -0.1) is 0 Å². The second kappa shape index (κ2) is 8.11. The molecule has 0 radical (unpaired) electrons. The highest BCUT2D eigenvalue weighted by Gasteiger charge is 2.08. The van der Waals surface area contributed by atoms with E-state index in [2.05, 4.69) is 27.8 Å². The average molecular weight is 353 g/mol. The molecule has 1 heterocycles. The fourth-order valence-electron chi connectivity index (χ4n) is 2.29. The molecule has 0 bridgehead atoms. The zero-order valence-electron chi connectivity index (χ0n) is 14.3. The highest BCUT2D eigenvalue weighted by molar-refractivity contribution is 6.04. The highest BCUT2D eigenvalue weighted by atomic mass is 16.5. The first-order valence-electron chi connectivity index (χ1n) is 8.32. The lowest BCUT2D eigenvalue weighted by Crippen LogP contribution is -2.16. The van der Waals surface area contributed by atoms with E-state index in [0.717, 1.165) is 23.3 Å². The number of hydrogen-bond acceptors (Lipinski definition) is 5. The van der Waals surface area contributed by atoms with Gasteiger partial charge in [0.15, 0.2) is 0 Å². The van der Waals surface area contributed by atoms with Gasteiger partial charge in [0.2, 0.25) is 0 Å². The number of carbonyl (C=O) groups is 1. The molecule has 0 spiro atoms. The number of aromatic amines is 1. The quantitative estimate of drug-likeness (QED) is 0.635. The van der Waals surface area contributed by atoms with Crippen molar-refractivity contribution in [1.82, 2.24) is 20.2 Å². The first-order valence-corrected chi connectivity index (χ1v) is 8.32. The number of nitrogens with one attached hydrogen (secondary N) is 2. The monoisotopic (exact) mass is 353 g/mol. The number of rotatable bonds is 7. The van der Waals surface area contributed by atoms with Crippen molar-refractivity contribution in [2.75, 3.05) is 11.9 Å². The summed E-state index contributed by atoms with van der Waals surface area (Å²) >= 11 is 0. The molecular weight excluding hydrogens is 334 g/mol. The summed E-state index contributed by atoms with van der Waals surface area (Å²) in [4.78, 5) is 23.8. The Bertz CT molecular complexity index is 913. The van der Waals surface area contributed by atoms with Crippen molar-refractivity contribution < 1.29 is 9.53 Å². The lowest BCUT2D eigenvalue weighted by molar-refractivity contribution is 0.102. The first kappa shape index (κ1) is 17.4. The van der Waals surface area contributed by atoms with Crippen LogP contribution in [0, 0.1) is 0 Å². The molecular formula is C18H19N5O3. The Kier molecular flexibility index (Phi) is 5.43. The van der Waals surface area contributed by atoms with Gasteiger partial charge in [-0.05, 0) is 65.4 Å². The van der Waals surface area contributed by atoms with E-state index in [1.54, 1.807) is 48.5 Å². The largest absolute Gasteiger partial charge is 0.494 e. The highest BCUT2D eigenvalue weighted by Crippen LogP contribution is 2.16. The third-order valence-corrected chi connectivity index (χ3v) is 3.73. The van der Waals surface area contributed by atoms with Crippen LogP contribution >= 0.6 is 0 Å². The number of aromatic nitrogens is 4. The van der Waals surface area contributed by atoms with Crippen LogP contribution in [0.4, 0.5) is 5.69 Å². The van der Waals surface area contributed by atoms with Gasteiger partial charge in [0.05, 0.1) is 12.3 Å². The second-order valence-corrected chi connectivity index (χ2v) is 5.65. The normalized spacial score (nSPS) is 10.5. The van der Waals surface area contributed by atoms with Crippen molar-refractivity contribution >= 4 is 11.6 Å². The van der Waals surface area contributed by atoms with Crippen molar-refractivity contribution in [3.8, 4) is 11.4 Å². The number of benzene rings is 2. The maximum absolute atomic E-state index is 12.3. The molecule has 0 unspecified atom stereocenters. The summed E-state index contributed by atoms with van der Waals surface area (Å²) in [6.45, 7) is 2.77. The number of anilines is 1. The summed E-state index contributed by atoms with van der Waals surface area (Å²) in [5, 5.41) is 12.1. The van der Waals surface area contributed by atoms with Gasteiger partial charge in [-0.3, -0.25) is 4.79 Å². The molecule has 0 aliphatic carbocycles. The van der Waals surface area contributed by atoms with Gasteiger partial charge in [0.1, 0.15) is 5.75 Å². The van der Waals surface area contributed by atoms with E-state index in [0.29, 0.717) is 23.5 Å². The standard InChI is InChI=1S/C18H19N5O3/c1-2-3-12-26-16-10-4-13(5-11-16)17(24)19-14-6-8-15(9-7-14)23-18(25)20-21-22-23/h4-11H,2-3,12H2,1H3,(H,19,24)(H,20,22,25). The maximum atomic E-state index is 12.3. The Hall–Kier alpha value is -3.42. The second-order valence-electron chi connectivity index (χ2n) is 5.65. The van der Waals surface area contributed by atoms with E-state index < -0.39 is 5.69 Å². The summed E-state index contributed by atoms with van der Waals surface area (Å²) in [5.41, 5.74) is 1.27. The van der Waals surface area contributed by atoms with Crippen molar-refractivity contribution in [2.45, 2.75) is 19.8 Å². The molecule has 0 saturated carbocycles. The minimum atomic E-state index is -0.428. The molecule has 2 aromatic carbocycles. The minimum Gasteiger partial charge on any atom is -0.494 e. The Morgan fingerprint density at radius 2 is 1.88 bits per heavy atom. The van der Waals surface area contributed by atoms with Crippen LogP contribution < -0.4 is 15.7 Å². The molecule has 0 atom stereocenters. The zero-order valence-corrected chi connectivity index (χ0v) is 14.3. The van der Waals surface area contributed by atoms with Crippen molar-refractivity contribution in [2.24, 2.45) is 0 Å². The van der Waals surface area contributed by atoms with E-state index in [9.17, 15) is 9.59 Å². The van der Waals surface area contributed by atoms with Crippen LogP contribution in [-0.2, 0) is 0 Å². The molecule has 1 aromatic heterocycles. The van der Waals surface area contributed by atoms with Crippen molar-refractivity contribution in [3.63, 3.8) is 0 Å². The third kappa shape index (κ3) is 4.15. The van der Waals surface area contributed by atoms with Crippen LogP contribution in [0.2, 0.25) is 0 Å². The molecule has 134 valence electrons. The summed E-state index contributed by atoms with van der Waals surface area (Å²) < 4.78 is 6.71. The number of H-pyrrole nitrogens is 1. The van der Waals surface area contributed by atoms with Crippen LogP contribution in [0.1, 0.15) is 30.1 Å². The fourth-order valence-corrected chi connectivity index (χ4v) is 2.29. The maximum Gasteiger partial charge on any atom is 0.365 e. The number of tetrazole rings is 1. The SMILES string of the molecule is CCCCOc1ccc(C(=O)Nc2ccc(-n3nn[nH]c3=O)cc2)cc1. The molecule has 2 N–H and O–H groups in total. The van der Waals surface area contributed by atoms with Gasteiger partial charge < -0.3 is 10.1 Å². The molecule has 0 fully saturated rings. The molecule has 1 amide bonds. The van der Waals surface area contributed by atoms with Crippen LogP contribution in [-0.4, -0.2) is 32.7 Å². The Morgan fingerprint density at radius 1 is 1.15 bits per heavy atom. The predicted molar refractivity (Wildman–Crippen MR) is 96.8 cm³/mol. The lowest BCUT2D eigenvalue weighted by Gasteiger charge is -2.08. The smallest absolute Gasteiger partial charge is 0.365 e. The molecule has 0 aliphatic heterocycles. The fraction of sp³-hybridized carbons (Fsp3) is 0.222. The van der Waals surface area contributed by atoms with Gasteiger partial charge in [-0.2, -0.15) is 4.68 Å². The van der Waals surface area contributed by atoms with Crippen molar-refractivity contribution in [3.05, 3.63) is 64.6 Å². The molecule has 8 heteroatoms. The van der Waals surface area contributed by atoms with Gasteiger partial charge in [-0.1, -0.05) is 13.3 Å². The summed E-state index contributed by atoms with van der Waals surface area (Å²) in [6, 6.07) is 13.7. The molecule has 3 aromatic rings. The summed E-state index contributed by atoms with van der Waals surface area (Å²) in [7, 11) is 0. The Morgan fingerprint density at radius 3 is 2.50 bits per heavy atom. The predicted octanol–water partition coefficient (Wildman–Crippen LogP) is 2.39. The minimum absolute atomic E-state index is 0.225. The number of carbonyl (C=O) groups excluding carboxylic acids is 1. The van der Waals surface area contributed by atoms with Gasteiger partial charge in [0, 0.05) is 11.3 Å². The van der Waals surface area contributed by atoms with Crippen LogP contribution in [0.15, 0.2) is 53.3 Å². The van der Waals surface area contributed by atoms with Gasteiger partial charge in [0.25, 0.3) is 5.91 Å². The van der Waals surface area contributed by atoms with Crippen LogP contribution in [0.25, 0.3) is 5.69 Å².